The van der Waals surface area contributed by atoms with Crippen molar-refractivity contribution >= 4 is 32.9 Å². The Morgan fingerprint density at radius 3 is 1.47 bits per heavy atom. The molecule has 30 heavy (non-hydrogen) atoms. The molecule has 0 N–H and O–H groups in total. The summed E-state index contributed by atoms with van der Waals surface area (Å²) in [6.07, 6.45) is 2.33. The predicted molar refractivity (Wildman–Crippen MR) is 140 cm³/mol. The molecule has 0 aromatic heterocycles. The van der Waals surface area contributed by atoms with Gasteiger partial charge in [0.05, 0.1) is 5.69 Å². The standard InChI is InChI=1S/C27H35NP2/c1-20-14-21(2)27(22(3)15-20)28(25-12-8-10-23(16-25)18-29(4)5)26-13-9-11-24(17-26)19-30(6)7/h8-17H,18-19H2,1-7H3. The zero-order chi connectivity index (χ0) is 21.8. The first-order valence-electron chi connectivity index (χ1n) is 10.6. The quantitative estimate of drug-likeness (QED) is 0.336. The molecule has 3 aromatic carbocycles. The highest BCUT2D eigenvalue weighted by Gasteiger charge is 2.18. The molecule has 0 aliphatic heterocycles. The smallest absolute Gasteiger partial charge is 0.0520 e. The highest BCUT2D eigenvalue weighted by molar-refractivity contribution is 7.55. The largest absolute Gasteiger partial charge is 0.310 e. The van der Waals surface area contributed by atoms with Crippen molar-refractivity contribution in [3.05, 3.63) is 88.5 Å². The van der Waals surface area contributed by atoms with Crippen LogP contribution in [0.1, 0.15) is 27.8 Å². The molecule has 0 atom stereocenters. The summed E-state index contributed by atoms with van der Waals surface area (Å²) >= 11 is 0. The van der Waals surface area contributed by atoms with Gasteiger partial charge in [-0.05, 0) is 106 Å². The molecule has 0 unspecified atom stereocenters. The Bertz CT molecular complexity index is 931. The minimum absolute atomic E-state index is 0.0348. The average molecular weight is 436 g/mol. The van der Waals surface area contributed by atoms with Crippen LogP contribution in [0.2, 0.25) is 0 Å². The van der Waals surface area contributed by atoms with E-state index in [0.717, 1.165) is 0 Å². The van der Waals surface area contributed by atoms with Crippen molar-refractivity contribution in [2.45, 2.75) is 33.1 Å². The van der Waals surface area contributed by atoms with Gasteiger partial charge in [0.2, 0.25) is 0 Å². The molecule has 0 bridgehead atoms. The average Bonchev–Trinajstić information content (AvgIpc) is 2.64. The summed E-state index contributed by atoms with van der Waals surface area (Å²) in [6.45, 7) is 16.1. The van der Waals surface area contributed by atoms with Crippen molar-refractivity contribution in [1.29, 1.82) is 0 Å². The summed E-state index contributed by atoms with van der Waals surface area (Å²) in [5.74, 6) is 0. The van der Waals surface area contributed by atoms with Crippen LogP contribution in [0.5, 0.6) is 0 Å². The van der Waals surface area contributed by atoms with E-state index in [2.05, 4.69) is 113 Å². The minimum atomic E-state index is 0.0348. The third kappa shape index (κ3) is 5.72. The lowest BCUT2D eigenvalue weighted by Gasteiger charge is -2.30. The first-order chi connectivity index (χ1) is 14.2. The second kappa shape index (κ2) is 10.1. The van der Waals surface area contributed by atoms with Crippen LogP contribution in [0.4, 0.5) is 17.1 Å². The van der Waals surface area contributed by atoms with Crippen LogP contribution in [0.3, 0.4) is 0 Å². The van der Waals surface area contributed by atoms with Gasteiger partial charge in [0, 0.05) is 11.4 Å². The highest BCUT2D eigenvalue weighted by Crippen LogP contribution is 2.41. The number of anilines is 3. The lowest BCUT2D eigenvalue weighted by Crippen LogP contribution is -2.13. The van der Waals surface area contributed by atoms with Gasteiger partial charge in [-0.25, -0.2) is 0 Å². The molecule has 158 valence electrons. The molecular weight excluding hydrogens is 400 g/mol. The van der Waals surface area contributed by atoms with Crippen LogP contribution in [0, 0.1) is 20.8 Å². The highest BCUT2D eigenvalue weighted by atomic mass is 31.1. The molecule has 3 heteroatoms. The summed E-state index contributed by atoms with van der Waals surface area (Å²) in [5, 5.41) is 0. The van der Waals surface area contributed by atoms with Gasteiger partial charge in [0.15, 0.2) is 0 Å². The molecule has 0 heterocycles. The maximum atomic E-state index is 2.47. The van der Waals surface area contributed by atoms with Crippen LogP contribution in [-0.4, -0.2) is 26.7 Å². The molecule has 1 nitrogen and oxygen atoms in total. The summed E-state index contributed by atoms with van der Waals surface area (Å²) < 4.78 is 0. The van der Waals surface area contributed by atoms with Gasteiger partial charge in [-0.3, -0.25) is 0 Å². The Balaban J connectivity index is 2.19. The zero-order valence-corrected chi connectivity index (χ0v) is 21.3. The van der Waals surface area contributed by atoms with E-state index in [1.807, 2.05) is 0 Å². The normalized spacial score (nSPS) is 11.4. The van der Waals surface area contributed by atoms with Gasteiger partial charge >= 0.3 is 0 Å². The molecule has 0 aliphatic carbocycles. The maximum absolute atomic E-state index is 2.47. The van der Waals surface area contributed by atoms with E-state index in [0.29, 0.717) is 0 Å². The van der Waals surface area contributed by atoms with Crippen LogP contribution >= 0.6 is 15.8 Å². The van der Waals surface area contributed by atoms with Crippen LogP contribution < -0.4 is 4.90 Å². The van der Waals surface area contributed by atoms with Gasteiger partial charge in [-0.2, -0.15) is 0 Å². The van der Waals surface area contributed by atoms with E-state index in [1.54, 1.807) is 0 Å². The van der Waals surface area contributed by atoms with E-state index in [-0.39, 0.29) is 15.8 Å². The predicted octanol–water partition coefficient (Wildman–Crippen LogP) is 8.56. The van der Waals surface area contributed by atoms with Gasteiger partial charge in [0.1, 0.15) is 0 Å². The number of rotatable bonds is 7. The maximum Gasteiger partial charge on any atom is 0.0520 e. The molecule has 3 rings (SSSR count). The lowest BCUT2D eigenvalue weighted by molar-refractivity contribution is 1.19. The monoisotopic (exact) mass is 435 g/mol. The minimum Gasteiger partial charge on any atom is -0.310 e. The third-order valence-electron chi connectivity index (χ3n) is 5.19. The van der Waals surface area contributed by atoms with Crippen molar-refractivity contribution in [3.8, 4) is 0 Å². The number of hydrogen-bond acceptors (Lipinski definition) is 1. The molecule has 0 radical (unpaired) electrons. The van der Waals surface area contributed by atoms with Gasteiger partial charge in [-0.15, -0.1) is 15.8 Å². The Kier molecular flexibility index (Phi) is 7.73. The fraction of sp³-hybridized carbons (Fsp3) is 0.333. The molecule has 3 aromatic rings. The molecule has 0 fully saturated rings. The molecule has 0 aliphatic rings. The number of hydrogen-bond donors (Lipinski definition) is 0. The second-order valence-electron chi connectivity index (χ2n) is 8.90. The van der Waals surface area contributed by atoms with Crippen molar-refractivity contribution in [3.63, 3.8) is 0 Å². The fourth-order valence-corrected chi connectivity index (χ4v) is 6.10. The first-order valence-corrected chi connectivity index (χ1v) is 15.4. The summed E-state index contributed by atoms with van der Waals surface area (Å²) in [4.78, 5) is 2.47. The molecular formula is C27H35NP2. The van der Waals surface area contributed by atoms with Crippen molar-refractivity contribution in [1.82, 2.24) is 0 Å². The molecule has 0 amide bonds. The summed E-state index contributed by atoms with van der Waals surface area (Å²) in [7, 11) is 0.0696. The topological polar surface area (TPSA) is 3.24 Å². The number of benzene rings is 3. The zero-order valence-electron chi connectivity index (χ0n) is 19.5. The van der Waals surface area contributed by atoms with Gasteiger partial charge < -0.3 is 4.90 Å². The van der Waals surface area contributed by atoms with Crippen molar-refractivity contribution in [2.75, 3.05) is 31.6 Å². The third-order valence-corrected chi connectivity index (χ3v) is 7.19. The van der Waals surface area contributed by atoms with E-state index in [9.17, 15) is 0 Å². The lowest BCUT2D eigenvalue weighted by atomic mass is 10.0. The van der Waals surface area contributed by atoms with Crippen molar-refractivity contribution < 1.29 is 0 Å². The molecule has 0 saturated carbocycles. The summed E-state index contributed by atoms with van der Waals surface area (Å²) in [6, 6.07) is 22.9. The Morgan fingerprint density at radius 1 is 0.633 bits per heavy atom. The Morgan fingerprint density at radius 2 is 1.07 bits per heavy atom. The van der Waals surface area contributed by atoms with E-state index >= 15 is 0 Å². The first kappa shape index (κ1) is 23.0. The van der Waals surface area contributed by atoms with E-state index in [1.165, 1.54) is 57.2 Å². The molecule has 0 spiro atoms. The Labute approximate surface area is 186 Å². The Hall–Kier alpha value is -1.68. The van der Waals surface area contributed by atoms with Crippen LogP contribution in [-0.2, 0) is 12.3 Å². The van der Waals surface area contributed by atoms with Crippen LogP contribution in [0.25, 0.3) is 0 Å². The van der Waals surface area contributed by atoms with Crippen LogP contribution in [0.15, 0.2) is 60.7 Å². The van der Waals surface area contributed by atoms with Gasteiger partial charge in [0.25, 0.3) is 0 Å². The number of aryl methyl sites for hydroxylation is 3. The van der Waals surface area contributed by atoms with E-state index in [4.69, 9.17) is 0 Å². The summed E-state index contributed by atoms with van der Waals surface area (Å²) in [5.41, 5.74) is 10.6. The SMILES string of the molecule is Cc1cc(C)c(N(c2cccc(CP(C)C)c2)c2cccc(CP(C)C)c2)c(C)c1. The van der Waals surface area contributed by atoms with E-state index < -0.39 is 0 Å². The van der Waals surface area contributed by atoms with Crippen molar-refractivity contribution in [2.24, 2.45) is 0 Å². The van der Waals surface area contributed by atoms with Gasteiger partial charge in [-0.1, -0.05) is 42.0 Å². The second-order valence-corrected chi connectivity index (χ2v) is 13.8. The molecule has 0 saturated heterocycles. The fourth-order valence-electron chi connectivity index (χ4n) is 4.25. The number of nitrogens with zero attached hydrogens (tertiary/aromatic N) is 1.